The van der Waals surface area contributed by atoms with E-state index in [0.29, 0.717) is 0 Å². The molecule has 0 aromatic heterocycles. The van der Waals surface area contributed by atoms with E-state index in [1.54, 1.807) is 0 Å². The summed E-state index contributed by atoms with van der Waals surface area (Å²) in [5, 5.41) is 231. The molecule has 0 spiro atoms. The fourth-order valence-electron chi connectivity index (χ4n) is 11.2. The number of aliphatic carboxylic acids is 2. The van der Waals surface area contributed by atoms with Crippen LogP contribution in [0.2, 0.25) is 0 Å². The molecule has 21 fully saturated rings. The normalized spacial score (nSPS) is 50.3. The third kappa shape index (κ3) is 15.3. The summed E-state index contributed by atoms with van der Waals surface area (Å²) in [7, 11) is 0. The van der Waals surface area contributed by atoms with Crippen molar-refractivity contribution < 1.29 is 193 Å². The van der Waals surface area contributed by atoms with Gasteiger partial charge in [-0.1, -0.05) is 0 Å². The largest absolute Gasteiger partial charge is 0.481 e. The van der Waals surface area contributed by atoms with Gasteiger partial charge in [0, 0.05) is 0 Å². The number of carboxylic acid groups (broad SMARTS) is 2. The Morgan fingerprint density at radius 3 is 0.736 bits per heavy atom. The molecule has 14 bridgehead atoms. The van der Waals surface area contributed by atoms with Crippen LogP contribution in [0.15, 0.2) is 0 Å². The molecule has 21 aliphatic heterocycles. The summed E-state index contributed by atoms with van der Waals surface area (Å²) >= 11 is 0. The van der Waals surface area contributed by atoms with Gasteiger partial charge in [0.25, 0.3) is 0 Å². The van der Waals surface area contributed by atoms with E-state index in [0.717, 1.165) is 0 Å². The van der Waals surface area contributed by atoms with Crippen LogP contribution in [-0.4, -0.2) is 394 Å². The van der Waals surface area contributed by atoms with Crippen molar-refractivity contribution >= 4 is 11.9 Å². The molecule has 21 rings (SSSR count). The van der Waals surface area contributed by atoms with E-state index in [-0.39, 0.29) is 0 Å². The van der Waals surface area contributed by atoms with Crippen molar-refractivity contribution in [3.8, 4) is 0 Å². The van der Waals surface area contributed by atoms with E-state index >= 15 is 0 Å². The van der Waals surface area contributed by atoms with Gasteiger partial charge >= 0.3 is 11.9 Å². The SMILES string of the molecule is O=C(O)CCOC[C@H]1O[C@@H]2O[C@H]3[C@H](O)[C@@H](O)[C@@H](O[C@H]4[C@H](O)[C@@H](O)[C@@H](O[C@H]5[C@H](O)[C@@H](O)[C@@H](O[C@H]6[C@H](O)[C@@H](O)[C@@H](O[C@H]7[C@H](O)[C@@H](O)[C@@H](O[C@H]8[C@H](O)[C@@H](O)[C@@H](O[C@H]1[C@H](O)[C@H]2OCCC(=O)O)O[C@@H]8CO)O[C@@H]7CO)O[C@@H]6CO)O[C@@H]5CO)O[C@@H]4CO)O[C@@H]3CO. The minimum absolute atomic E-state index is 0.520. The first kappa shape index (κ1) is 70.4. The Bertz CT molecular complexity index is 2130. The second kappa shape index (κ2) is 31.0. The molecule has 0 aromatic carbocycles. The van der Waals surface area contributed by atoms with Crippen LogP contribution in [-0.2, 0) is 85.4 Å². The highest BCUT2D eigenvalue weighted by Gasteiger charge is 2.60. The van der Waals surface area contributed by atoms with Gasteiger partial charge in [-0.3, -0.25) is 9.59 Å². The predicted octanol–water partition coefficient (Wildman–Crippen LogP) is -14.2. The summed E-state index contributed by atoms with van der Waals surface area (Å²) in [6.45, 7) is -8.52. The molecule has 0 aliphatic carbocycles. The van der Waals surface area contributed by atoms with Gasteiger partial charge in [0.05, 0.1) is 72.3 Å². The molecule has 0 aromatic rings. The van der Waals surface area contributed by atoms with Gasteiger partial charge in [-0.25, -0.2) is 0 Å². The molecule has 0 unspecified atom stereocenters. The Labute approximate surface area is 491 Å². The molecule has 21 aliphatic rings. The third-order valence-corrected chi connectivity index (χ3v) is 15.9. The van der Waals surface area contributed by atoms with Crippen LogP contribution in [0.25, 0.3) is 0 Å². The summed E-state index contributed by atoms with van der Waals surface area (Å²) in [5.41, 5.74) is 0. The number of rotatable bonds is 15. The van der Waals surface area contributed by atoms with E-state index in [1.807, 2.05) is 0 Å². The summed E-state index contributed by atoms with van der Waals surface area (Å²) in [6.07, 6.45) is -73.0. The molecular formula is C48H78O39. The van der Waals surface area contributed by atoms with Gasteiger partial charge in [0.2, 0.25) is 0 Å². The summed E-state index contributed by atoms with van der Waals surface area (Å²) in [4.78, 5) is 23.1. The van der Waals surface area contributed by atoms with Crippen LogP contribution in [0.1, 0.15) is 12.8 Å². The third-order valence-electron chi connectivity index (χ3n) is 15.9. The van der Waals surface area contributed by atoms with Gasteiger partial charge < -0.3 is 183 Å². The number of carboxylic acids is 2. The Hall–Kier alpha value is -2.46. The first-order valence-corrected chi connectivity index (χ1v) is 27.7. The second-order valence-corrected chi connectivity index (χ2v) is 21.7. The smallest absolute Gasteiger partial charge is 0.305 e. The fraction of sp³-hybridized carbons (Fsp3) is 0.958. The second-order valence-electron chi connectivity index (χ2n) is 21.7. The Balaban J connectivity index is 1.12. The molecule has 0 saturated carbocycles. The van der Waals surface area contributed by atoms with Crippen molar-refractivity contribution in [2.24, 2.45) is 0 Å². The lowest BCUT2D eigenvalue weighted by atomic mass is 9.95. The molecule has 0 amide bonds. The van der Waals surface area contributed by atoms with E-state index in [4.69, 9.17) is 75.8 Å². The molecule has 0 radical (unpaired) electrons. The molecule has 39 nitrogen and oxygen atoms in total. The molecular weight excluding hydrogens is 1200 g/mol. The van der Waals surface area contributed by atoms with E-state index < -0.39 is 299 Å². The highest BCUT2D eigenvalue weighted by molar-refractivity contribution is 5.67. The maximum atomic E-state index is 12.1. The lowest BCUT2D eigenvalue weighted by Crippen LogP contribution is -2.68. The van der Waals surface area contributed by atoms with Crippen LogP contribution in [0.5, 0.6) is 0 Å². The van der Waals surface area contributed by atoms with Crippen molar-refractivity contribution in [2.45, 2.75) is 228 Å². The molecule has 21 N–H and O–H groups in total. The monoisotopic (exact) mass is 1280 g/mol. The lowest BCUT2D eigenvalue weighted by molar-refractivity contribution is -0.398. The van der Waals surface area contributed by atoms with Crippen LogP contribution in [0.3, 0.4) is 0 Å². The molecule has 21 heterocycles. The van der Waals surface area contributed by atoms with E-state index in [2.05, 4.69) is 0 Å². The van der Waals surface area contributed by atoms with Crippen LogP contribution in [0.4, 0.5) is 0 Å². The highest BCUT2D eigenvalue weighted by atomic mass is 16.8. The maximum Gasteiger partial charge on any atom is 0.305 e. The number of carbonyl (C=O) groups is 2. The number of hydrogen-bond acceptors (Lipinski definition) is 37. The zero-order chi connectivity index (χ0) is 63.5. The number of hydrogen-bond donors (Lipinski definition) is 21. The van der Waals surface area contributed by atoms with Crippen molar-refractivity contribution in [3.63, 3.8) is 0 Å². The van der Waals surface area contributed by atoms with Gasteiger partial charge in [-0.05, 0) is 0 Å². The van der Waals surface area contributed by atoms with E-state index in [1.165, 1.54) is 0 Å². The minimum Gasteiger partial charge on any atom is -0.481 e. The Morgan fingerprint density at radius 1 is 0.276 bits per heavy atom. The summed E-state index contributed by atoms with van der Waals surface area (Å²) < 4.78 is 92.4. The van der Waals surface area contributed by atoms with Gasteiger partial charge in [0.15, 0.2) is 44.0 Å². The number of aliphatic hydroxyl groups is 19. The topological polar surface area (TPSA) is 607 Å². The average Bonchev–Trinajstić information content (AvgIpc) is 1.39. The van der Waals surface area contributed by atoms with Crippen LogP contribution < -0.4 is 0 Å². The minimum atomic E-state index is -2.29. The average molecular weight is 1280 g/mol. The molecule has 35 atom stereocenters. The summed E-state index contributed by atoms with van der Waals surface area (Å²) in [5.74, 6) is -2.74. The predicted molar refractivity (Wildman–Crippen MR) is 260 cm³/mol. The quantitative estimate of drug-likeness (QED) is 0.0677. The first-order chi connectivity index (χ1) is 41.4. The maximum absolute atomic E-state index is 12.1. The number of ether oxygens (including phenoxy) is 16. The van der Waals surface area contributed by atoms with Crippen molar-refractivity contribution in [3.05, 3.63) is 0 Å². The van der Waals surface area contributed by atoms with Gasteiger partial charge in [-0.2, -0.15) is 0 Å². The van der Waals surface area contributed by atoms with Gasteiger partial charge in [-0.15, -0.1) is 0 Å². The van der Waals surface area contributed by atoms with Crippen molar-refractivity contribution in [2.75, 3.05) is 59.5 Å². The highest BCUT2D eigenvalue weighted by Crippen LogP contribution is 2.39. The summed E-state index contributed by atoms with van der Waals surface area (Å²) in [6, 6.07) is 0. The molecule has 504 valence electrons. The molecule has 87 heavy (non-hydrogen) atoms. The first-order valence-electron chi connectivity index (χ1n) is 27.7. The van der Waals surface area contributed by atoms with Gasteiger partial charge in [0.1, 0.15) is 171 Å². The Morgan fingerprint density at radius 2 is 0.494 bits per heavy atom. The zero-order valence-corrected chi connectivity index (χ0v) is 45.7. The zero-order valence-electron chi connectivity index (χ0n) is 45.7. The molecule has 39 heteroatoms. The van der Waals surface area contributed by atoms with Crippen LogP contribution in [0, 0.1) is 0 Å². The van der Waals surface area contributed by atoms with E-state index in [9.17, 15) is 117 Å². The van der Waals surface area contributed by atoms with Crippen molar-refractivity contribution in [1.82, 2.24) is 0 Å². The number of aliphatic hydroxyl groups excluding tert-OH is 19. The van der Waals surface area contributed by atoms with Crippen molar-refractivity contribution in [1.29, 1.82) is 0 Å². The fourth-order valence-corrected chi connectivity index (χ4v) is 11.2. The Kier molecular flexibility index (Phi) is 25.1. The molecule has 21 saturated heterocycles. The van der Waals surface area contributed by atoms with Crippen LogP contribution >= 0.6 is 0 Å². The lowest BCUT2D eigenvalue weighted by Gasteiger charge is -2.50. The standard InChI is InChI=1S/C48H78O39/c49-5-12-34-21(59)27(65)43(74-12)82-36-14(7-51)76-45(29(67)23(36)61)84-38-16(9-53)78-47(31(69)25(38)63)86-40-18(11-72-3-1-19(55)56)80-48(41(33(40)71)73-4-2-20(57)58)87-39-17(10-54)79-46(32(70)26(39)64)85-37-15(8-52)77-44(30(68)24(37)62)83-35-13(6-50)75-42(81-34)28(66)22(35)60/h12-18,21-54,59-71H,1-11H2,(H,55,56)(H,57,58)/t12-,13-,14-,15-,16-,17-,18-,21-,22-,23-,24-,25-,26-,27-,28-,29-,30-,31-,32-,33+,34-,35-,36-,37-,38-,39-,40-,41-,42-,43-,44-,45-,46-,47-,48-/m1/s1.